The van der Waals surface area contributed by atoms with Crippen molar-refractivity contribution in [3.05, 3.63) is 47.0 Å². The van der Waals surface area contributed by atoms with Crippen LogP contribution in [0.2, 0.25) is 0 Å². The van der Waals surface area contributed by atoms with Crippen LogP contribution in [-0.2, 0) is 44.7 Å². The number of carbonyl (C=O) groups excluding carboxylic acids is 7. The first-order valence-electron chi connectivity index (χ1n) is 21.4. The highest BCUT2D eigenvalue weighted by atomic mass is 16.5. The van der Waals surface area contributed by atoms with Gasteiger partial charge < -0.3 is 41.5 Å². The van der Waals surface area contributed by atoms with Gasteiger partial charge in [0, 0.05) is 38.2 Å². The van der Waals surface area contributed by atoms with Crippen LogP contribution in [0.5, 0.6) is 0 Å². The number of nitrogens with one attached hydrogen (secondary N) is 4. The SMILES string of the molecule is CCC(C)[C@@H]1NC(=O)CN(C)C(=O)[C@@H](Cc2ccc(C)cc2)N(C)C(=O)[C@H](C)NC(=O)[C@@H](CC(C)C)OC(=O)/C(C)=C/C[C@H](N)[C@H](C)[C@@H]([C@@H](C)CC)NC(=O)[C@@H](C)NC1=O. The first-order chi connectivity index (χ1) is 28.0. The number of cyclic esters (lactones) is 1. The molecule has 336 valence electrons. The predicted octanol–water partition coefficient (Wildman–Crippen LogP) is 3.17. The number of nitrogens with zero attached hydrogens (tertiary/aromatic N) is 2. The van der Waals surface area contributed by atoms with Gasteiger partial charge in [0.1, 0.15) is 24.2 Å². The summed E-state index contributed by atoms with van der Waals surface area (Å²) in [7, 11) is 2.90. The molecular formula is C45H73N7O8. The Morgan fingerprint density at radius 1 is 0.767 bits per heavy atom. The molecule has 0 saturated carbocycles. The van der Waals surface area contributed by atoms with Crippen molar-refractivity contribution in [3.63, 3.8) is 0 Å². The summed E-state index contributed by atoms with van der Waals surface area (Å²) in [6, 6.07) is 2.42. The van der Waals surface area contributed by atoms with Crippen LogP contribution in [0.1, 0.15) is 106 Å². The molecule has 60 heavy (non-hydrogen) atoms. The lowest BCUT2D eigenvalue weighted by Crippen LogP contribution is -2.59. The van der Waals surface area contributed by atoms with E-state index in [4.69, 9.17) is 10.5 Å². The number of rotatable bonds is 8. The van der Waals surface area contributed by atoms with Gasteiger partial charge in [0.2, 0.25) is 29.5 Å². The highest BCUT2D eigenvalue weighted by Gasteiger charge is 2.36. The molecule has 2 rings (SSSR count). The molecule has 1 heterocycles. The third-order valence-corrected chi connectivity index (χ3v) is 11.8. The molecule has 1 aliphatic heterocycles. The van der Waals surface area contributed by atoms with Gasteiger partial charge in [-0.25, -0.2) is 4.79 Å². The van der Waals surface area contributed by atoms with Gasteiger partial charge in [-0.1, -0.05) is 97.2 Å². The third-order valence-electron chi connectivity index (χ3n) is 11.8. The predicted molar refractivity (Wildman–Crippen MR) is 232 cm³/mol. The molecule has 15 heteroatoms. The number of benzene rings is 1. The second-order valence-electron chi connectivity index (χ2n) is 17.3. The minimum absolute atomic E-state index is 0.00693. The topological polar surface area (TPSA) is 209 Å². The standard InChI is InChI=1S/C45H73N7O8/c1-14-27(6)38-30(9)34(46)21-18-29(8)45(59)60-36(22-25(3)4)41(55)48-32(11)43(57)52(13)35(23-33-19-16-26(5)17-20-33)44(58)51(12)24-37(53)49-39(28(7)15-2)42(56)47-31(10)40(54)50-38/h16-20,25,27-28,30-32,34-36,38-39H,14-15,21-24,46H2,1-13H3,(H,47,56)(H,48,55)(H,49,53)(H,50,54)/b29-18+/t27-,28?,30-,31+,32-,34-,35+,36+,38+,39-/m0/s1. The first-order valence-corrected chi connectivity index (χ1v) is 21.4. The van der Waals surface area contributed by atoms with Gasteiger partial charge in [-0.05, 0) is 69.8 Å². The summed E-state index contributed by atoms with van der Waals surface area (Å²) in [5, 5.41) is 11.3. The molecule has 0 aliphatic carbocycles. The van der Waals surface area contributed by atoms with E-state index in [1.165, 1.54) is 30.8 Å². The fourth-order valence-corrected chi connectivity index (χ4v) is 7.07. The van der Waals surface area contributed by atoms with Crippen molar-refractivity contribution in [3.8, 4) is 0 Å². The molecule has 1 aliphatic rings. The van der Waals surface area contributed by atoms with Crippen molar-refractivity contribution in [2.24, 2.45) is 29.4 Å². The molecule has 1 aromatic rings. The largest absolute Gasteiger partial charge is 0.449 e. The molecular weight excluding hydrogens is 767 g/mol. The van der Waals surface area contributed by atoms with Crippen LogP contribution in [0.3, 0.4) is 0 Å². The number of hydrogen-bond donors (Lipinski definition) is 5. The lowest BCUT2D eigenvalue weighted by Gasteiger charge is -2.34. The maximum Gasteiger partial charge on any atom is 0.334 e. The number of carbonyl (C=O) groups is 7. The van der Waals surface area contributed by atoms with E-state index >= 15 is 0 Å². The summed E-state index contributed by atoms with van der Waals surface area (Å²) >= 11 is 0. The highest BCUT2D eigenvalue weighted by Crippen LogP contribution is 2.22. The Bertz CT molecular complexity index is 1680. The van der Waals surface area contributed by atoms with Gasteiger partial charge in [0.05, 0.1) is 6.54 Å². The first kappa shape index (κ1) is 51.4. The second-order valence-corrected chi connectivity index (χ2v) is 17.3. The van der Waals surface area contributed by atoms with Crippen LogP contribution in [0.4, 0.5) is 0 Å². The molecule has 1 unspecified atom stereocenters. The fourth-order valence-electron chi connectivity index (χ4n) is 7.07. The summed E-state index contributed by atoms with van der Waals surface area (Å²) in [5.74, 6) is -4.71. The smallest absolute Gasteiger partial charge is 0.334 e. The Labute approximate surface area is 357 Å². The molecule has 0 saturated heterocycles. The minimum atomic E-state index is -1.21. The molecule has 0 radical (unpaired) electrons. The van der Waals surface area contributed by atoms with E-state index in [1.807, 2.05) is 79.7 Å². The number of esters is 1. The fraction of sp³-hybridized carbons (Fsp3) is 0.667. The lowest BCUT2D eigenvalue weighted by molar-refractivity contribution is -0.154. The maximum absolute atomic E-state index is 14.2. The van der Waals surface area contributed by atoms with Crippen LogP contribution in [0.15, 0.2) is 35.9 Å². The van der Waals surface area contributed by atoms with Crippen molar-refractivity contribution in [1.82, 2.24) is 31.1 Å². The zero-order valence-electron chi connectivity index (χ0n) is 38.2. The Morgan fingerprint density at radius 3 is 1.92 bits per heavy atom. The Balaban J connectivity index is 2.62. The van der Waals surface area contributed by atoms with Gasteiger partial charge in [-0.15, -0.1) is 0 Å². The van der Waals surface area contributed by atoms with E-state index < -0.39 is 84.3 Å². The van der Waals surface area contributed by atoms with Crippen LogP contribution in [-0.4, -0.2) is 114 Å². The van der Waals surface area contributed by atoms with Crippen molar-refractivity contribution < 1.29 is 38.3 Å². The van der Waals surface area contributed by atoms with E-state index in [0.717, 1.165) is 17.5 Å². The zero-order chi connectivity index (χ0) is 45.6. The van der Waals surface area contributed by atoms with Crippen LogP contribution >= 0.6 is 0 Å². The summed E-state index contributed by atoms with van der Waals surface area (Å²) in [6.07, 6.45) is 2.26. The quantitative estimate of drug-likeness (QED) is 0.243. The molecule has 10 atom stereocenters. The van der Waals surface area contributed by atoms with E-state index in [-0.39, 0.29) is 54.5 Å². The third kappa shape index (κ3) is 15.0. The van der Waals surface area contributed by atoms with E-state index in [0.29, 0.717) is 6.42 Å². The average Bonchev–Trinajstić information content (AvgIpc) is 3.20. The average molecular weight is 840 g/mol. The molecule has 1 aromatic carbocycles. The van der Waals surface area contributed by atoms with Crippen molar-refractivity contribution in [2.75, 3.05) is 20.6 Å². The number of aryl methyl sites for hydroxylation is 1. The van der Waals surface area contributed by atoms with Crippen molar-refractivity contribution >= 4 is 41.4 Å². The summed E-state index contributed by atoms with van der Waals surface area (Å²) in [4.78, 5) is 98.7. The Hall–Kier alpha value is -4.79. The summed E-state index contributed by atoms with van der Waals surface area (Å²) < 4.78 is 5.73. The number of nitrogens with two attached hydrogens (primary N) is 1. The molecule has 15 nitrogen and oxygen atoms in total. The molecule has 0 fully saturated rings. The second kappa shape index (κ2) is 23.9. The van der Waals surface area contributed by atoms with Crippen LogP contribution in [0.25, 0.3) is 0 Å². The Kier molecular flexibility index (Phi) is 20.4. The molecule has 6 amide bonds. The Morgan fingerprint density at radius 2 is 1.35 bits per heavy atom. The summed E-state index contributed by atoms with van der Waals surface area (Å²) in [6.45, 7) is 19.5. The maximum atomic E-state index is 14.2. The van der Waals surface area contributed by atoms with Gasteiger partial charge in [-0.2, -0.15) is 0 Å². The monoisotopic (exact) mass is 840 g/mol. The highest BCUT2D eigenvalue weighted by molar-refractivity contribution is 5.96. The molecule has 0 bridgehead atoms. The molecule has 0 aromatic heterocycles. The van der Waals surface area contributed by atoms with E-state index in [2.05, 4.69) is 21.3 Å². The van der Waals surface area contributed by atoms with Crippen molar-refractivity contribution in [1.29, 1.82) is 0 Å². The van der Waals surface area contributed by atoms with Crippen LogP contribution < -0.4 is 27.0 Å². The minimum Gasteiger partial charge on any atom is -0.449 e. The van der Waals surface area contributed by atoms with E-state index in [9.17, 15) is 33.6 Å². The normalized spacial score (nSPS) is 28.8. The molecule has 0 spiro atoms. The molecule has 6 N–H and O–H groups in total. The van der Waals surface area contributed by atoms with E-state index in [1.54, 1.807) is 19.9 Å². The van der Waals surface area contributed by atoms with Gasteiger partial charge >= 0.3 is 5.97 Å². The number of hydrogen-bond acceptors (Lipinski definition) is 9. The number of ether oxygens (including phenoxy) is 1. The van der Waals surface area contributed by atoms with Crippen LogP contribution in [0, 0.1) is 30.6 Å². The summed E-state index contributed by atoms with van der Waals surface area (Å²) in [5.41, 5.74) is 8.68. The van der Waals surface area contributed by atoms with Gasteiger partial charge in [-0.3, -0.25) is 28.8 Å². The van der Waals surface area contributed by atoms with Crippen molar-refractivity contribution in [2.45, 2.75) is 151 Å². The lowest BCUT2D eigenvalue weighted by atomic mass is 9.83. The zero-order valence-corrected chi connectivity index (χ0v) is 38.2. The van der Waals surface area contributed by atoms with Gasteiger partial charge in [0.25, 0.3) is 5.91 Å². The number of likely N-dealkylation sites (N-methyl/N-ethyl adjacent to an activating group) is 2. The van der Waals surface area contributed by atoms with Gasteiger partial charge in [0.15, 0.2) is 6.10 Å². The number of amides is 6.